The van der Waals surface area contributed by atoms with Crippen molar-refractivity contribution < 1.29 is 28.7 Å². The number of methoxy groups -OCH3 is 1. The summed E-state index contributed by atoms with van der Waals surface area (Å²) in [7, 11) is 1.58. The molecule has 4 aromatic rings. The first-order valence-electron chi connectivity index (χ1n) is 16.9. The Morgan fingerprint density at radius 1 is 0.980 bits per heavy atom. The molecule has 2 atom stereocenters. The van der Waals surface area contributed by atoms with Gasteiger partial charge in [-0.2, -0.15) is 0 Å². The van der Waals surface area contributed by atoms with Crippen LogP contribution in [0.15, 0.2) is 72.9 Å². The number of rotatable bonds is 11. The Morgan fingerprint density at radius 2 is 1.73 bits per heavy atom. The van der Waals surface area contributed by atoms with E-state index in [2.05, 4.69) is 15.6 Å². The lowest BCUT2D eigenvalue weighted by atomic mass is 9.98. The van der Waals surface area contributed by atoms with E-state index in [-0.39, 0.29) is 55.2 Å². The molecule has 3 aromatic carbocycles. The molecule has 1 fully saturated rings. The maximum Gasteiger partial charge on any atom is 0.261 e. The largest absolute Gasteiger partial charge is 0.497 e. The fraction of sp³-hybridized carbons (Fsp3) is 0.316. The van der Waals surface area contributed by atoms with Gasteiger partial charge in [-0.1, -0.05) is 48.0 Å². The summed E-state index contributed by atoms with van der Waals surface area (Å²) < 4.78 is 10.8. The van der Waals surface area contributed by atoms with Crippen LogP contribution in [0.4, 0.5) is 5.95 Å². The van der Waals surface area contributed by atoms with E-state index in [1.807, 2.05) is 43.3 Å². The van der Waals surface area contributed by atoms with Crippen molar-refractivity contribution >= 4 is 41.2 Å². The van der Waals surface area contributed by atoms with E-state index >= 15 is 0 Å². The first-order chi connectivity index (χ1) is 24.7. The van der Waals surface area contributed by atoms with Crippen molar-refractivity contribution in [3.63, 3.8) is 0 Å². The summed E-state index contributed by atoms with van der Waals surface area (Å²) in [6, 6.07) is 18.7. The lowest BCUT2D eigenvalue weighted by Gasteiger charge is -2.27. The maximum absolute atomic E-state index is 14.2. The van der Waals surface area contributed by atoms with Crippen LogP contribution in [-0.4, -0.2) is 82.9 Å². The average molecular weight is 709 g/mol. The molecule has 0 bridgehead atoms. The summed E-state index contributed by atoms with van der Waals surface area (Å²) in [5.74, 6) is -0.381. The smallest absolute Gasteiger partial charge is 0.261 e. The normalized spacial score (nSPS) is 17.7. The predicted octanol–water partition coefficient (Wildman–Crippen LogP) is 5.46. The Balaban J connectivity index is 1.15. The monoisotopic (exact) mass is 708 g/mol. The molecule has 1 aromatic heterocycles. The van der Waals surface area contributed by atoms with Crippen LogP contribution in [-0.2, 0) is 9.53 Å². The third-order valence-electron chi connectivity index (χ3n) is 9.64. The van der Waals surface area contributed by atoms with Gasteiger partial charge in [0.2, 0.25) is 11.9 Å². The number of carbonyl (C=O) groups excluding carboxylic acids is 4. The van der Waals surface area contributed by atoms with Crippen LogP contribution in [0.25, 0.3) is 11.3 Å². The average Bonchev–Trinajstić information content (AvgIpc) is 3.55. The molecular formula is C38H37ClN6O6. The van der Waals surface area contributed by atoms with Gasteiger partial charge in [0.25, 0.3) is 17.7 Å². The molecule has 7 rings (SSSR count). The van der Waals surface area contributed by atoms with Gasteiger partial charge < -0.3 is 25.0 Å². The molecule has 0 saturated carbocycles. The predicted molar refractivity (Wildman–Crippen MR) is 190 cm³/mol. The second kappa shape index (κ2) is 14.5. The van der Waals surface area contributed by atoms with Gasteiger partial charge >= 0.3 is 0 Å². The van der Waals surface area contributed by atoms with Crippen molar-refractivity contribution in [2.45, 2.75) is 44.3 Å². The molecule has 1 saturated heterocycles. The number of ether oxygens (including phenoxy) is 2. The highest BCUT2D eigenvalue weighted by molar-refractivity contribution is 6.33. The van der Waals surface area contributed by atoms with Crippen molar-refractivity contribution in [3.05, 3.63) is 106 Å². The van der Waals surface area contributed by atoms with Crippen molar-refractivity contribution in [2.75, 3.05) is 38.7 Å². The molecule has 12 nitrogen and oxygen atoms in total. The van der Waals surface area contributed by atoms with Crippen LogP contribution in [0.2, 0.25) is 5.02 Å². The number of hydrogen-bond acceptors (Lipinski definition) is 9. The number of nitrogens with zero attached hydrogens (tertiary/aromatic N) is 4. The highest BCUT2D eigenvalue weighted by Gasteiger charge is 2.41. The molecule has 4 amide bonds. The van der Waals surface area contributed by atoms with Gasteiger partial charge in [0.15, 0.2) is 0 Å². The van der Waals surface area contributed by atoms with E-state index in [1.54, 1.807) is 37.4 Å². The Labute approximate surface area is 300 Å². The summed E-state index contributed by atoms with van der Waals surface area (Å²) in [4.78, 5) is 65.8. The Bertz CT molecular complexity index is 1980. The van der Waals surface area contributed by atoms with Crippen LogP contribution in [0, 0.1) is 0 Å². The second-order valence-corrected chi connectivity index (χ2v) is 13.2. The van der Waals surface area contributed by atoms with Crippen molar-refractivity contribution in [1.29, 1.82) is 0 Å². The molecule has 2 N–H and O–H groups in total. The lowest BCUT2D eigenvalue weighted by Crippen LogP contribution is -2.41. The van der Waals surface area contributed by atoms with E-state index in [0.29, 0.717) is 63.4 Å². The summed E-state index contributed by atoms with van der Waals surface area (Å²) >= 11 is 6.59. The Hall–Kier alpha value is -5.33. The van der Waals surface area contributed by atoms with Crippen LogP contribution in [0.1, 0.15) is 80.5 Å². The molecule has 0 radical (unpaired) electrons. The first kappa shape index (κ1) is 34.1. The van der Waals surface area contributed by atoms with E-state index in [1.165, 1.54) is 16.0 Å². The third kappa shape index (κ3) is 6.89. The van der Waals surface area contributed by atoms with E-state index in [9.17, 15) is 19.2 Å². The minimum Gasteiger partial charge on any atom is -0.497 e. The Kier molecular flexibility index (Phi) is 9.70. The van der Waals surface area contributed by atoms with Crippen molar-refractivity contribution in [2.24, 2.45) is 0 Å². The number of nitrogens with one attached hydrogen (secondary N) is 2. The molecule has 51 heavy (non-hydrogen) atoms. The van der Waals surface area contributed by atoms with E-state index in [4.69, 9.17) is 26.1 Å². The zero-order chi connectivity index (χ0) is 35.6. The number of halogens is 1. The number of imide groups is 1. The van der Waals surface area contributed by atoms with Crippen LogP contribution in [0.5, 0.6) is 5.75 Å². The standard InChI is InChI=1S/C38H37ClN6O6/c1-22(23-6-5-7-26(18-23)50-2)41-33(46)21-45-32(12-15-44-35(47)28-8-3-4-9-29(28)36(44)48)27-11-10-24(19-30(27)37(45)49)34-31(39)20-40-38(43-34)42-25-13-16-51-17-14-25/h3-11,18-20,22,25,32H,12-17,21H2,1-2H3,(H,41,46)(H,40,42,43). The topological polar surface area (TPSA) is 143 Å². The van der Waals surface area contributed by atoms with Gasteiger partial charge in [-0.3, -0.25) is 24.1 Å². The SMILES string of the molecule is COc1cccc(C(C)NC(=O)CN2C(=O)c3cc(-c4nc(NC5CCOCC5)ncc4Cl)ccc3C2CCN2C(=O)c3ccccc3C2=O)c1. The molecule has 4 heterocycles. The number of aromatic nitrogens is 2. The molecular weight excluding hydrogens is 672 g/mol. The molecule has 13 heteroatoms. The van der Waals surface area contributed by atoms with Gasteiger partial charge in [-0.25, -0.2) is 9.97 Å². The maximum atomic E-state index is 14.2. The van der Waals surface area contributed by atoms with Gasteiger partial charge in [-0.15, -0.1) is 0 Å². The Morgan fingerprint density at radius 3 is 2.45 bits per heavy atom. The molecule has 0 aliphatic carbocycles. The van der Waals surface area contributed by atoms with Gasteiger partial charge in [0.05, 0.1) is 47.2 Å². The first-order valence-corrected chi connectivity index (χ1v) is 17.3. The van der Waals surface area contributed by atoms with Crippen LogP contribution >= 0.6 is 11.6 Å². The van der Waals surface area contributed by atoms with Gasteiger partial charge in [-0.05, 0) is 67.6 Å². The number of hydrogen-bond donors (Lipinski definition) is 2. The highest BCUT2D eigenvalue weighted by atomic mass is 35.5. The quantitative estimate of drug-likeness (QED) is 0.194. The number of fused-ring (bicyclic) bond motifs is 2. The minimum absolute atomic E-state index is 0.0583. The van der Waals surface area contributed by atoms with Crippen LogP contribution in [0.3, 0.4) is 0 Å². The zero-order valence-electron chi connectivity index (χ0n) is 28.2. The number of benzene rings is 3. The summed E-state index contributed by atoms with van der Waals surface area (Å²) in [5.41, 5.74) is 3.69. The fourth-order valence-corrected chi connectivity index (χ4v) is 7.13. The summed E-state index contributed by atoms with van der Waals surface area (Å²) in [5, 5.41) is 6.67. The third-order valence-corrected chi connectivity index (χ3v) is 9.92. The molecule has 262 valence electrons. The molecule has 3 aliphatic rings. The van der Waals surface area contributed by atoms with E-state index < -0.39 is 6.04 Å². The van der Waals surface area contributed by atoms with Gasteiger partial charge in [0.1, 0.15) is 12.3 Å². The summed E-state index contributed by atoms with van der Waals surface area (Å²) in [6.45, 7) is 3.00. The molecule has 3 aliphatic heterocycles. The van der Waals surface area contributed by atoms with Crippen molar-refractivity contribution in [1.82, 2.24) is 25.1 Å². The minimum atomic E-state index is -0.588. The molecule has 2 unspecified atom stereocenters. The molecule has 0 spiro atoms. The fourth-order valence-electron chi connectivity index (χ4n) is 6.93. The number of anilines is 1. The number of amides is 4. The summed E-state index contributed by atoms with van der Waals surface area (Å²) in [6.07, 6.45) is 3.43. The van der Waals surface area contributed by atoms with Crippen LogP contribution < -0.4 is 15.4 Å². The highest BCUT2D eigenvalue weighted by Crippen LogP contribution is 2.39. The van der Waals surface area contributed by atoms with Crippen molar-refractivity contribution in [3.8, 4) is 17.0 Å². The second-order valence-electron chi connectivity index (χ2n) is 12.8. The number of carbonyl (C=O) groups is 4. The van der Waals surface area contributed by atoms with E-state index in [0.717, 1.165) is 18.4 Å². The zero-order valence-corrected chi connectivity index (χ0v) is 29.0. The lowest BCUT2D eigenvalue weighted by molar-refractivity contribution is -0.122. The van der Waals surface area contributed by atoms with Gasteiger partial charge in [0, 0.05) is 36.9 Å².